The largest absolute Gasteiger partial charge is 0.368 e. The zero-order chi connectivity index (χ0) is 15.4. The van der Waals surface area contributed by atoms with Crippen LogP contribution in [-0.2, 0) is 9.53 Å². The van der Waals surface area contributed by atoms with Crippen molar-refractivity contribution in [3.8, 4) is 0 Å². The lowest BCUT2D eigenvalue weighted by Crippen LogP contribution is -2.58. The Morgan fingerprint density at radius 1 is 1.32 bits per heavy atom. The van der Waals surface area contributed by atoms with Gasteiger partial charge in [0.2, 0.25) is 0 Å². The highest BCUT2D eigenvalue weighted by molar-refractivity contribution is 5.86. The van der Waals surface area contributed by atoms with Gasteiger partial charge < -0.3 is 20.3 Å². The van der Waals surface area contributed by atoms with Crippen molar-refractivity contribution >= 4 is 30.7 Å². The van der Waals surface area contributed by atoms with Gasteiger partial charge in [-0.1, -0.05) is 13.8 Å². The molecular weight excluding hydrogens is 325 g/mol. The summed E-state index contributed by atoms with van der Waals surface area (Å²) in [7, 11) is 5.75. The van der Waals surface area contributed by atoms with Crippen LogP contribution in [0, 0.1) is 5.41 Å². The molecule has 0 radical (unpaired) electrons. The third kappa shape index (κ3) is 6.20. The molecule has 22 heavy (non-hydrogen) atoms. The van der Waals surface area contributed by atoms with Crippen molar-refractivity contribution in [2.24, 2.45) is 5.41 Å². The van der Waals surface area contributed by atoms with Crippen molar-refractivity contribution in [3.63, 3.8) is 0 Å². The Morgan fingerprint density at radius 2 is 1.82 bits per heavy atom. The maximum absolute atomic E-state index is 12.6. The van der Waals surface area contributed by atoms with Gasteiger partial charge in [0.25, 0.3) is 5.91 Å². The second-order valence-electron chi connectivity index (χ2n) is 6.87. The lowest BCUT2D eigenvalue weighted by molar-refractivity contribution is -0.148. The molecule has 1 aliphatic rings. The molecule has 0 aliphatic carbocycles. The molecule has 0 saturated carbocycles. The van der Waals surface area contributed by atoms with E-state index in [1.165, 1.54) is 0 Å². The number of piperidine rings is 1. The Morgan fingerprint density at radius 3 is 2.23 bits per heavy atom. The molecule has 7 heteroatoms. The highest BCUT2D eigenvalue weighted by Crippen LogP contribution is 2.26. The zero-order valence-electron chi connectivity index (χ0n) is 14.7. The first-order valence-electron chi connectivity index (χ1n) is 7.45. The molecule has 5 nitrogen and oxygen atoms in total. The molecule has 0 aromatic heterocycles. The van der Waals surface area contributed by atoms with Crippen LogP contribution in [0.25, 0.3) is 0 Å². The fraction of sp³-hybridized carbons (Fsp3) is 0.933. The predicted octanol–water partition coefficient (Wildman–Crippen LogP) is 1.69. The Balaban J connectivity index is 0. The van der Waals surface area contributed by atoms with Gasteiger partial charge in [0.1, 0.15) is 5.60 Å². The van der Waals surface area contributed by atoms with Crippen molar-refractivity contribution in [2.75, 3.05) is 40.8 Å². The SMILES string of the molecule is COC1(C(=O)NC(C)C(C)(C)CN(C)C)CCNCC1.Cl.Cl. The summed E-state index contributed by atoms with van der Waals surface area (Å²) < 4.78 is 5.57. The van der Waals surface area contributed by atoms with E-state index in [4.69, 9.17) is 4.74 Å². The molecule has 0 spiro atoms. The molecule has 1 unspecified atom stereocenters. The minimum absolute atomic E-state index is 0. The summed E-state index contributed by atoms with van der Waals surface area (Å²) in [5.41, 5.74) is -0.644. The summed E-state index contributed by atoms with van der Waals surface area (Å²) in [4.78, 5) is 14.8. The molecule has 1 aliphatic heterocycles. The third-order valence-electron chi connectivity index (χ3n) is 4.46. The molecular formula is C15H33Cl2N3O2. The lowest BCUT2D eigenvalue weighted by atomic mass is 9.83. The molecule has 1 heterocycles. The van der Waals surface area contributed by atoms with Crippen molar-refractivity contribution in [1.29, 1.82) is 0 Å². The molecule has 0 aromatic carbocycles. The number of ether oxygens (including phenoxy) is 1. The summed E-state index contributed by atoms with van der Waals surface area (Å²) in [5, 5.41) is 6.44. The van der Waals surface area contributed by atoms with Crippen LogP contribution in [0.3, 0.4) is 0 Å². The van der Waals surface area contributed by atoms with Crippen LogP contribution in [-0.4, -0.2) is 63.3 Å². The van der Waals surface area contributed by atoms with Gasteiger partial charge in [0.15, 0.2) is 0 Å². The second-order valence-corrected chi connectivity index (χ2v) is 6.87. The summed E-state index contributed by atoms with van der Waals surface area (Å²) >= 11 is 0. The minimum atomic E-state index is -0.659. The number of carbonyl (C=O) groups is 1. The van der Waals surface area contributed by atoms with Gasteiger partial charge in [0.05, 0.1) is 0 Å². The monoisotopic (exact) mass is 357 g/mol. The highest BCUT2D eigenvalue weighted by atomic mass is 35.5. The summed E-state index contributed by atoms with van der Waals surface area (Å²) in [6.45, 7) is 9.02. The third-order valence-corrected chi connectivity index (χ3v) is 4.46. The Hall–Kier alpha value is -0.0700. The van der Waals surface area contributed by atoms with E-state index in [0.717, 1.165) is 32.5 Å². The van der Waals surface area contributed by atoms with Gasteiger partial charge in [-0.05, 0) is 52.4 Å². The van der Waals surface area contributed by atoms with Crippen molar-refractivity contribution in [1.82, 2.24) is 15.5 Å². The number of nitrogens with one attached hydrogen (secondary N) is 2. The average Bonchev–Trinajstić information content (AvgIpc) is 2.37. The van der Waals surface area contributed by atoms with Crippen LogP contribution in [0.2, 0.25) is 0 Å². The molecule has 0 aromatic rings. The molecule has 134 valence electrons. The molecule has 2 N–H and O–H groups in total. The van der Waals surface area contributed by atoms with E-state index in [2.05, 4.69) is 50.4 Å². The van der Waals surface area contributed by atoms with Crippen LogP contribution in [0.15, 0.2) is 0 Å². The fourth-order valence-corrected chi connectivity index (χ4v) is 2.83. The van der Waals surface area contributed by atoms with E-state index < -0.39 is 5.60 Å². The van der Waals surface area contributed by atoms with Crippen molar-refractivity contribution < 1.29 is 9.53 Å². The van der Waals surface area contributed by atoms with E-state index in [1.807, 2.05) is 0 Å². The number of hydrogen-bond acceptors (Lipinski definition) is 4. The van der Waals surface area contributed by atoms with E-state index in [9.17, 15) is 4.79 Å². The summed E-state index contributed by atoms with van der Waals surface area (Å²) in [5.74, 6) is 0.0285. The minimum Gasteiger partial charge on any atom is -0.368 e. The Bertz CT molecular complexity index is 333. The standard InChI is InChI=1S/C15H31N3O2.2ClH/c1-12(14(2,3)11-18(4)5)17-13(19)15(20-6)7-9-16-10-8-15;;/h12,16H,7-11H2,1-6H3,(H,17,19);2*1H. The Labute approximate surface area is 147 Å². The van der Waals surface area contributed by atoms with Gasteiger partial charge in [-0.2, -0.15) is 0 Å². The van der Waals surface area contributed by atoms with Crippen LogP contribution in [0.4, 0.5) is 0 Å². The normalized spacial score (nSPS) is 18.9. The van der Waals surface area contributed by atoms with Crippen LogP contribution in [0.5, 0.6) is 0 Å². The predicted molar refractivity (Wildman–Crippen MR) is 96.3 cm³/mol. The first-order chi connectivity index (χ1) is 9.23. The Kier molecular flexibility index (Phi) is 10.9. The number of halogens is 2. The van der Waals surface area contributed by atoms with Crippen molar-refractivity contribution in [2.45, 2.75) is 45.3 Å². The summed E-state index contributed by atoms with van der Waals surface area (Å²) in [6, 6.07) is 0.0966. The van der Waals surface area contributed by atoms with Gasteiger partial charge >= 0.3 is 0 Å². The van der Waals surface area contributed by atoms with Crippen LogP contribution < -0.4 is 10.6 Å². The van der Waals surface area contributed by atoms with E-state index >= 15 is 0 Å². The number of hydrogen-bond donors (Lipinski definition) is 2. The number of carbonyl (C=O) groups excluding carboxylic acids is 1. The number of amides is 1. The number of methoxy groups -OCH3 is 1. The first kappa shape index (κ1) is 24.2. The van der Waals surface area contributed by atoms with Gasteiger partial charge in [-0.3, -0.25) is 4.79 Å². The molecule has 1 amide bonds. The van der Waals surface area contributed by atoms with E-state index in [-0.39, 0.29) is 42.2 Å². The smallest absolute Gasteiger partial charge is 0.252 e. The number of nitrogens with zero attached hydrogens (tertiary/aromatic N) is 1. The average molecular weight is 358 g/mol. The maximum atomic E-state index is 12.6. The zero-order valence-corrected chi connectivity index (χ0v) is 16.3. The molecule has 1 fully saturated rings. The van der Waals surface area contributed by atoms with E-state index in [0.29, 0.717) is 0 Å². The molecule has 1 atom stereocenters. The van der Waals surface area contributed by atoms with Crippen LogP contribution in [0.1, 0.15) is 33.6 Å². The maximum Gasteiger partial charge on any atom is 0.252 e. The molecule has 1 saturated heterocycles. The van der Waals surface area contributed by atoms with Crippen molar-refractivity contribution in [3.05, 3.63) is 0 Å². The van der Waals surface area contributed by atoms with Gasteiger partial charge in [-0.25, -0.2) is 0 Å². The topological polar surface area (TPSA) is 53.6 Å². The molecule has 1 rings (SSSR count). The van der Waals surface area contributed by atoms with Crippen LogP contribution >= 0.6 is 24.8 Å². The van der Waals surface area contributed by atoms with Gasteiger partial charge in [-0.15, -0.1) is 24.8 Å². The quantitative estimate of drug-likeness (QED) is 0.759. The summed E-state index contributed by atoms with van der Waals surface area (Å²) in [6.07, 6.45) is 1.46. The fourth-order valence-electron chi connectivity index (χ4n) is 2.83. The second kappa shape index (κ2) is 9.93. The highest BCUT2D eigenvalue weighted by Gasteiger charge is 2.41. The number of rotatable bonds is 6. The van der Waals surface area contributed by atoms with E-state index in [1.54, 1.807) is 7.11 Å². The van der Waals surface area contributed by atoms with Gasteiger partial charge in [0, 0.05) is 19.7 Å². The lowest BCUT2D eigenvalue weighted by Gasteiger charge is -2.39. The first-order valence-corrected chi connectivity index (χ1v) is 7.45. The molecule has 0 bridgehead atoms.